The van der Waals surface area contributed by atoms with E-state index in [9.17, 15) is 16.8 Å². The van der Waals surface area contributed by atoms with Gasteiger partial charge in [0.15, 0.2) is 0 Å². The van der Waals surface area contributed by atoms with Crippen LogP contribution in [-0.2, 0) is 20.0 Å². The SMILES string of the molecule is CCN1CCN(S(=O)(=O)c2ccc(OC)c(N3CCN(S(=O)(=O)c4ccc(C(C)C)cc4)CC3)c2)CC1. The van der Waals surface area contributed by atoms with E-state index >= 15 is 0 Å². The highest BCUT2D eigenvalue weighted by molar-refractivity contribution is 7.89. The summed E-state index contributed by atoms with van der Waals surface area (Å²) in [6, 6.07) is 12.0. The van der Waals surface area contributed by atoms with Crippen molar-refractivity contribution in [3.63, 3.8) is 0 Å². The van der Waals surface area contributed by atoms with Crippen molar-refractivity contribution >= 4 is 25.7 Å². The number of hydrogen-bond donors (Lipinski definition) is 0. The fourth-order valence-electron chi connectivity index (χ4n) is 4.86. The molecule has 2 aromatic rings. The molecule has 2 heterocycles. The molecule has 2 saturated heterocycles. The number of sulfonamides is 2. The predicted molar refractivity (Wildman–Crippen MR) is 145 cm³/mol. The Bertz CT molecular complexity index is 1280. The molecule has 11 heteroatoms. The molecule has 0 bridgehead atoms. The van der Waals surface area contributed by atoms with Crippen molar-refractivity contribution in [2.75, 3.05) is 70.9 Å². The number of nitrogens with zero attached hydrogens (tertiary/aromatic N) is 4. The number of piperazine rings is 2. The van der Waals surface area contributed by atoms with Crippen LogP contribution in [0.25, 0.3) is 0 Å². The molecule has 37 heavy (non-hydrogen) atoms. The molecule has 0 aliphatic carbocycles. The smallest absolute Gasteiger partial charge is 0.243 e. The first-order valence-electron chi connectivity index (χ1n) is 12.8. The summed E-state index contributed by atoms with van der Waals surface area (Å²) < 4.78 is 61.8. The molecular weight excluding hydrogens is 512 g/mol. The Morgan fingerprint density at radius 3 is 1.78 bits per heavy atom. The number of likely N-dealkylation sites (N-methyl/N-ethyl adjacent to an activating group) is 1. The summed E-state index contributed by atoms with van der Waals surface area (Å²) in [5, 5.41) is 0. The summed E-state index contributed by atoms with van der Waals surface area (Å²) in [6.45, 7) is 11.0. The highest BCUT2D eigenvalue weighted by Crippen LogP contribution is 2.33. The van der Waals surface area contributed by atoms with Gasteiger partial charge in [0, 0.05) is 52.4 Å². The first-order valence-corrected chi connectivity index (χ1v) is 15.7. The van der Waals surface area contributed by atoms with Gasteiger partial charge in [-0.2, -0.15) is 8.61 Å². The van der Waals surface area contributed by atoms with E-state index in [0.717, 1.165) is 25.2 Å². The maximum Gasteiger partial charge on any atom is 0.243 e. The van der Waals surface area contributed by atoms with E-state index in [0.29, 0.717) is 61.5 Å². The Balaban J connectivity index is 1.50. The molecule has 2 fully saturated rings. The topological polar surface area (TPSA) is 90.5 Å². The molecule has 2 aromatic carbocycles. The second-order valence-corrected chi connectivity index (χ2v) is 13.7. The van der Waals surface area contributed by atoms with Crippen molar-refractivity contribution in [3.05, 3.63) is 48.0 Å². The lowest BCUT2D eigenvalue weighted by Crippen LogP contribution is -2.49. The predicted octanol–water partition coefficient (Wildman–Crippen LogP) is 2.66. The van der Waals surface area contributed by atoms with Crippen LogP contribution in [0.5, 0.6) is 5.75 Å². The minimum atomic E-state index is -3.64. The molecular formula is C26H38N4O5S2. The Morgan fingerprint density at radius 1 is 0.757 bits per heavy atom. The number of anilines is 1. The summed E-state index contributed by atoms with van der Waals surface area (Å²) in [7, 11) is -5.70. The summed E-state index contributed by atoms with van der Waals surface area (Å²) in [5.41, 5.74) is 1.76. The lowest BCUT2D eigenvalue weighted by Gasteiger charge is -2.36. The first-order chi connectivity index (χ1) is 17.6. The zero-order valence-electron chi connectivity index (χ0n) is 22.1. The normalized spacial score (nSPS) is 18.9. The number of hydrogen-bond acceptors (Lipinski definition) is 7. The molecule has 0 amide bonds. The van der Waals surface area contributed by atoms with Crippen molar-refractivity contribution in [1.82, 2.24) is 13.5 Å². The van der Waals surface area contributed by atoms with Crippen LogP contribution in [0.4, 0.5) is 5.69 Å². The van der Waals surface area contributed by atoms with E-state index in [2.05, 4.69) is 25.7 Å². The first kappa shape index (κ1) is 27.8. The van der Waals surface area contributed by atoms with Gasteiger partial charge in [-0.15, -0.1) is 0 Å². The Kier molecular flexibility index (Phi) is 8.49. The molecule has 204 valence electrons. The molecule has 0 N–H and O–H groups in total. The number of rotatable bonds is 8. The van der Waals surface area contributed by atoms with E-state index in [1.54, 1.807) is 41.7 Å². The van der Waals surface area contributed by atoms with Gasteiger partial charge in [0.05, 0.1) is 22.6 Å². The van der Waals surface area contributed by atoms with E-state index < -0.39 is 20.0 Å². The highest BCUT2D eigenvalue weighted by Gasteiger charge is 2.32. The van der Waals surface area contributed by atoms with Crippen LogP contribution >= 0.6 is 0 Å². The van der Waals surface area contributed by atoms with Crippen LogP contribution in [-0.4, -0.2) is 96.4 Å². The molecule has 0 unspecified atom stereocenters. The van der Waals surface area contributed by atoms with Gasteiger partial charge in [-0.05, 0) is 48.4 Å². The minimum absolute atomic E-state index is 0.230. The van der Waals surface area contributed by atoms with Gasteiger partial charge in [-0.1, -0.05) is 32.9 Å². The summed E-state index contributed by atoms with van der Waals surface area (Å²) in [6.07, 6.45) is 0. The fourth-order valence-corrected chi connectivity index (χ4v) is 7.72. The molecule has 0 atom stereocenters. The van der Waals surface area contributed by atoms with Gasteiger partial charge in [0.1, 0.15) is 5.75 Å². The van der Waals surface area contributed by atoms with Gasteiger partial charge >= 0.3 is 0 Å². The van der Waals surface area contributed by atoms with Crippen molar-refractivity contribution in [3.8, 4) is 5.75 Å². The Morgan fingerprint density at radius 2 is 1.27 bits per heavy atom. The van der Waals surface area contributed by atoms with Gasteiger partial charge in [0.2, 0.25) is 20.0 Å². The molecule has 0 spiro atoms. The molecule has 0 radical (unpaired) electrons. The molecule has 4 rings (SSSR count). The van der Waals surface area contributed by atoms with Crippen molar-refractivity contribution in [1.29, 1.82) is 0 Å². The lowest BCUT2D eigenvalue weighted by atomic mass is 10.0. The third kappa shape index (κ3) is 5.80. The largest absolute Gasteiger partial charge is 0.495 e. The minimum Gasteiger partial charge on any atom is -0.495 e. The zero-order valence-corrected chi connectivity index (χ0v) is 23.8. The molecule has 9 nitrogen and oxygen atoms in total. The summed E-state index contributed by atoms with van der Waals surface area (Å²) >= 11 is 0. The lowest BCUT2D eigenvalue weighted by molar-refractivity contribution is 0.196. The highest BCUT2D eigenvalue weighted by atomic mass is 32.2. The van der Waals surface area contributed by atoms with Crippen LogP contribution in [0.2, 0.25) is 0 Å². The summed E-state index contributed by atoms with van der Waals surface area (Å²) in [5.74, 6) is 0.895. The standard InChI is InChI=1S/C26H38N4O5S2/c1-5-27-12-16-29(17-13-27)37(33,34)24-10-11-26(35-4)25(20-24)28-14-18-30(19-15-28)36(31,32)23-8-6-22(7-9-23)21(2)3/h6-11,20-21H,5,12-19H2,1-4H3. The molecule has 2 aliphatic rings. The fraction of sp³-hybridized carbons (Fsp3) is 0.538. The third-order valence-corrected chi connectivity index (χ3v) is 11.1. The number of benzene rings is 2. The third-order valence-electron chi connectivity index (χ3n) is 7.33. The van der Waals surface area contributed by atoms with E-state index in [-0.39, 0.29) is 4.90 Å². The van der Waals surface area contributed by atoms with Crippen LogP contribution in [0.15, 0.2) is 52.3 Å². The molecule has 0 saturated carbocycles. The van der Waals surface area contributed by atoms with Crippen LogP contribution < -0.4 is 9.64 Å². The van der Waals surface area contributed by atoms with E-state index in [1.165, 1.54) is 4.31 Å². The van der Waals surface area contributed by atoms with Crippen molar-refractivity contribution in [2.45, 2.75) is 36.5 Å². The van der Waals surface area contributed by atoms with Crippen molar-refractivity contribution in [2.24, 2.45) is 0 Å². The second-order valence-electron chi connectivity index (χ2n) is 9.79. The van der Waals surface area contributed by atoms with Gasteiger partial charge < -0.3 is 14.5 Å². The average Bonchev–Trinajstić information content (AvgIpc) is 2.92. The van der Waals surface area contributed by atoms with E-state index in [4.69, 9.17) is 4.74 Å². The van der Waals surface area contributed by atoms with Crippen LogP contribution in [0.1, 0.15) is 32.3 Å². The molecule has 2 aliphatic heterocycles. The zero-order chi connectivity index (χ0) is 26.8. The Hall–Kier alpha value is -2.18. The average molecular weight is 551 g/mol. The van der Waals surface area contributed by atoms with Crippen LogP contribution in [0, 0.1) is 0 Å². The number of ether oxygens (including phenoxy) is 1. The Labute approximate surface area is 221 Å². The maximum atomic E-state index is 13.4. The summed E-state index contributed by atoms with van der Waals surface area (Å²) in [4.78, 5) is 4.76. The van der Waals surface area contributed by atoms with E-state index in [1.807, 2.05) is 17.0 Å². The quantitative estimate of drug-likeness (QED) is 0.499. The van der Waals surface area contributed by atoms with Crippen molar-refractivity contribution < 1.29 is 21.6 Å². The van der Waals surface area contributed by atoms with Gasteiger partial charge in [-0.3, -0.25) is 0 Å². The van der Waals surface area contributed by atoms with Gasteiger partial charge in [-0.25, -0.2) is 16.8 Å². The van der Waals surface area contributed by atoms with Crippen LogP contribution in [0.3, 0.4) is 0 Å². The molecule has 0 aromatic heterocycles. The maximum absolute atomic E-state index is 13.4. The second kappa shape index (κ2) is 11.3. The number of methoxy groups -OCH3 is 1. The monoisotopic (exact) mass is 550 g/mol. The van der Waals surface area contributed by atoms with Gasteiger partial charge in [0.25, 0.3) is 0 Å².